The summed E-state index contributed by atoms with van der Waals surface area (Å²) in [5, 5.41) is 0. The summed E-state index contributed by atoms with van der Waals surface area (Å²) in [6.07, 6.45) is -0.559. The van der Waals surface area contributed by atoms with Crippen LogP contribution in [-0.2, 0) is 20.9 Å². The van der Waals surface area contributed by atoms with E-state index in [9.17, 15) is 21.6 Å². The number of pyridine rings is 1. The minimum absolute atomic E-state index is 0.00840. The molecule has 0 radical (unpaired) electrons. The van der Waals surface area contributed by atoms with E-state index in [1.54, 1.807) is 0 Å². The zero-order chi connectivity index (χ0) is 19.5. The molecule has 0 saturated carbocycles. The molecule has 0 N–H and O–H groups in total. The topological polar surface area (TPSA) is 62.7 Å². The van der Waals surface area contributed by atoms with Crippen molar-refractivity contribution >= 4 is 15.8 Å². The summed E-state index contributed by atoms with van der Waals surface area (Å²) in [6, 6.07) is 2.34. The van der Waals surface area contributed by atoms with Gasteiger partial charge in [0, 0.05) is 39.0 Å². The van der Waals surface area contributed by atoms with E-state index in [-0.39, 0.29) is 18.4 Å². The van der Waals surface area contributed by atoms with E-state index in [1.165, 1.54) is 10.4 Å². The Morgan fingerprint density at radius 2 is 1.93 bits per heavy atom. The first-order valence-corrected chi connectivity index (χ1v) is 10.7. The summed E-state index contributed by atoms with van der Waals surface area (Å²) in [6.45, 7) is 2.23. The van der Waals surface area contributed by atoms with Crippen molar-refractivity contribution in [2.24, 2.45) is 0 Å². The van der Waals surface area contributed by atoms with E-state index >= 15 is 0 Å². The highest BCUT2D eigenvalue weighted by Gasteiger charge is 2.32. The Hall–Kier alpha value is -1.39. The van der Waals surface area contributed by atoms with E-state index in [1.807, 2.05) is 4.90 Å². The van der Waals surface area contributed by atoms with Gasteiger partial charge in [-0.1, -0.05) is 0 Å². The first-order chi connectivity index (χ1) is 12.8. The average molecular weight is 407 g/mol. The zero-order valence-corrected chi connectivity index (χ0v) is 15.8. The lowest BCUT2D eigenvalue weighted by atomic mass is 10.1. The second-order valence-electron chi connectivity index (χ2n) is 6.91. The lowest BCUT2D eigenvalue weighted by Crippen LogP contribution is -2.40. The SMILES string of the molecule is O=S(=O)(CC1CCCCO1)N1CCCN(c2ccc(C(F)(F)F)cn2)CC1. The highest BCUT2D eigenvalue weighted by atomic mass is 32.2. The molecule has 1 atom stereocenters. The second-order valence-corrected chi connectivity index (χ2v) is 8.92. The number of hydrogen-bond donors (Lipinski definition) is 0. The summed E-state index contributed by atoms with van der Waals surface area (Å²) < 4.78 is 70.4. The molecule has 3 rings (SSSR count). The lowest BCUT2D eigenvalue weighted by Gasteiger charge is -2.26. The Labute approximate surface area is 157 Å². The van der Waals surface area contributed by atoms with Gasteiger partial charge in [0.05, 0.1) is 17.4 Å². The Kier molecular flexibility index (Phi) is 6.27. The van der Waals surface area contributed by atoms with Gasteiger partial charge in [0.2, 0.25) is 10.0 Å². The fourth-order valence-electron chi connectivity index (χ4n) is 3.42. The van der Waals surface area contributed by atoms with Crippen LogP contribution in [0.2, 0.25) is 0 Å². The molecule has 2 saturated heterocycles. The molecule has 3 heterocycles. The predicted molar refractivity (Wildman–Crippen MR) is 95.0 cm³/mol. The van der Waals surface area contributed by atoms with Crippen molar-refractivity contribution in [2.75, 3.05) is 43.4 Å². The number of ether oxygens (including phenoxy) is 1. The number of rotatable bonds is 4. The molecule has 0 bridgehead atoms. The van der Waals surface area contributed by atoms with Gasteiger partial charge >= 0.3 is 6.18 Å². The molecule has 0 spiro atoms. The van der Waals surface area contributed by atoms with Crippen LogP contribution in [0.1, 0.15) is 31.2 Å². The Morgan fingerprint density at radius 3 is 2.56 bits per heavy atom. The number of nitrogens with zero attached hydrogens (tertiary/aromatic N) is 3. The monoisotopic (exact) mass is 407 g/mol. The van der Waals surface area contributed by atoms with Gasteiger partial charge in [-0.05, 0) is 37.8 Å². The van der Waals surface area contributed by atoms with Crippen LogP contribution in [-0.4, -0.2) is 62.3 Å². The Bertz CT molecular complexity index is 719. The maximum atomic E-state index is 12.7. The van der Waals surface area contributed by atoms with Crippen LogP contribution in [0.4, 0.5) is 19.0 Å². The van der Waals surface area contributed by atoms with Crippen molar-refractivity contribution < 1.29 is 26.3 Å². The van der Waals surface area contributed by atoms with Gasteiger partial charge < -0.3 is 9.64 Å². The van der Waals surface area contributed by atoms with E-state index < -0.39 is 21.8 Å². The van der Waals surface area contributed by atoms with Crippen LogP contribution < -0.4 is 4.90 Å². The van der Waals surface area contributed by atoms with Gasteiger partial charge in [0.25, 0.3) is 0 Å². The maximum Gasteiger partial charge on any atom is 0.417 e. The first-order valence-electron chi connectivity index (χ1n) is 9.13. The van der Waals surface area contributed by atoms with Crippen LogP contribution in [0.3, 0.4) is 0 Å². The number of sulfonamides is 1. The van der Waals surface area contributed by atoms with Crippen molar-refractivity contribution in [3.63, 3.8) is 0 Å². The third-order valence-corrected chi connectivity index (χ3v) is 6.86. The molecule has 0 amide bonds. The molecular formula is C17H24F3N3O3S. The van der Waals surface area contributed by atoms with Crippen molar-refractivity contribution in [3.05, 3.63) is 23.9 Å². The van der Waals surface area contributed by atoms with Gasteiger partial charge in [0.15, 0.2) is 0 Å². The molecule has 10 heteroatoms. The Balaban J connectivity index is 1.61. The normalized spacial score (nSPS) is 23.2. The van der Waals surface area contributed by atoms with E-state index in [0.717, 1.165) is 31.5 Å². The second kappa shape index (κ2) is 8.32. The summed E-state index contributed by atoms with van der Waals surface area (Å²) >= 11 is 0. The molecule has 2 fully saturated rings. The highest BCUT2D eigenvalue weighted by Crippen LogP contribution is 2.29. The summed E-state index contributed by atoms with van der Waals surface area (Å²) in [5.41, 5.74) is -0.794. The van der Waals surface area contributed by atoms with Gasteiger partial charge in [-0.3, -0.25) is 0 Å². The molecule has 152 valence electrons. The average Bonchev–Trinajstić information content (AvgIpc) is 2.88. The molecular weight excluding hydrogens is 383 g/mol. The molecule has 6 nitrogen and oxygen atoms in total. The van der Waals surface area contributed by atoms with E-state index in [0.29, 0.717) is 38.5 Å². The van der Waals surface area contributed by atoms with Crippen molar-refractivity contribution in [3.8, 4) is 0 Å². The van der Waals surface area contributed by atoms with Crippen LogP contribution in [0.25, 0.3) is 0 Å². The van der Waals surface area contributed by atoms with E-state index in [4.69, 9.17) is 4.74 Å². The predicted octanol–water partition coefficient (Wildman–Crippen LogP) is 2.51. The number of anilines is 1. The number of alkyl halides is 3. The third kappa shape index (κ3) is 5.32. The van der Waals surface area contributed by atoms with E-state index in [2.05, 4.69) is 4.98 Å². The molecule has 1 unspecified atom stereocenters. The van der Waals surface area contributed by atoms with Crippen molar-refractivity contribution in [1.29, 1.82) is 0 Å². The standard InChI is InChI=1S/C17H24F3N3O3S/c18-17(19,20)14-5-6-16(21-12-14)22-7-3-8-23(10-9-22)27(24,25)13-15-4-1-2-11-26-15/h5-6,12,15H,1-4,7-11,13H2. The van der Waals surface area contributed by atoms with Crippen LogP contribution in [0.5, 0.6) is 0 Å². The third-order valence-electron chi connectivity index (χ3n) is 4.92. The smallest absolute Gasteiger partial charge is 0.377 e. The van der Waals surface area contributed by atoms with Crippen LogP contribution in [0, 0.1) is 0 Å². The summed E-state index contributed by atoms with van der Waals surface area (Å²) in [7, 11) is -3.43. The van der Waals surface area contributed by atoms with Crippen molar-refractivity contribution in [2.45, 2.75) is 38.0 Å². The van der Waals surface area contributed by atoms with Gasteiger partial charge in [-0.25, -0.2) is 17.7 Å². The van der Waals surface area contributed by atoms with Gasteiger partial charge in [-0.15, -0.1) is 0 Å². The summed E-state index contributed by atoms with van der Waals surface area (Å²) in [4.78, 5) is 5.74. The molecule has 0 aromatic carbocycles. The molecule has 1 aromatic rings. The van der Waals surface area contributed by atoms with Gasteiger partial charge in [-0.2, -0.15) is 13.2 Å². The first kappa shape index (κ1) is 20.3. The van der Waals surface area contributed by atoms with Gasteiger partial charge in [0.1, 0.15) is 5.82 Å². The minimum atomic E-state index is -4.42. The van der Waals surface area contributed by atoms with Crippen LogP contribution in [0.15, 0.2) is 18.3 Å². The lowest BCUT2D eigenvalue weighted by molar-refractivity contribution is -0.137. The molecule has 2 aliphatic heterocycles. The molecule has 1 aromatic heterocycles. The summed E-state index contributed by atoms with van der Waals surface area (Å²) in [5.74, 6) is 0.420. The van der Waals surface area contributed by atoms with Crippen LogP contribution >= 0.6 is 0 Å². The maximum absolute atomic E-state index is 12.7. The number of aromatic nitrogens is 1. The van der Waals surface area contributed by atoms with Crippen molar-refractivity contribution in [1.82, 2.24) is 9.29 Å². The minimum Gasteiger partial charge on any atom is -0.377 e. The fourth-order valence-corrected chi connectivity index (χ4v) is 5.13. The number of hydrogen-bond acceptors (Lipinski definition) is 5. The highest BCUT2D eigenvalue weighted by molar-refractivity contribution is 7.89. The zero-order valence-electron chi connectivity index (χ0n) is 15.0. The molecule has 27 heavy (non-hydrogen) atoms. The quantitative estimate of drug-likeness (QED) is 0.768. The molecule has 0 aliphatic carbocycles. The molecule has 2 aliphatic rings. The largest absolute Gasteiger partial charge is 0.417 e. The Morgan fingerprint density at radius 1 is 1.11 bits per heavy atom. The number of halogens is 3. The fraction of sp³-hybridized carbons (Fsp3) is 0.706.